The third-order valence-electron chi connectivity index (χ3n) is 5.58. The van der Waals surface area contributed by atoms with Gasteiger partial charge in [-0.1, -0.05) is 12.1 Å². The predicted molar refractivity (Wildman–Crippen MR) is 120 cm³/mol. The van der Waals surface area contributed by atoms with Crippen molar-refractivity contribution in [2.45, 2.75) is 6.10 Å². The fraction of sp³-hybridized carbons (Fsp3) is 0.391. The maximum Gasteiger partial charge on any atom is 0.321 e. The van der Waals surface area contributed by atoms with E-state index in [1.807, 2.05) is 12.1 Å². The maximum absolute atomic E-state index is 12.9. The number of hydrogen-bond donors (Lipinski definition) is 1. The third kappa shape index (κ3) is 4.69. The van der Waals surface area contributed by atoms with Gasteiger partial charge in [-0.25, -0.2) is 4.79 Å². The summed E-state index contributed by atoms with van der Waals surface area (Å²) in [5.74, 6) is 2.38. The average Bonchev–Trinajstić information content (AvgIpc) is 2.87. The number of nitrogens with zero attached hydrogens (tertiary/aromatic N) is 2. The molecule has 1 saturated heterocycles. The lowest BCUT2D eigenvalue weighted by molar-refractivity contribution is -0.142. The van der Waals surface area contributed by atoms with Crippen LogP contribution in [0.15, 0.2) is 36.4 Å². The van der Waals surface area contributed by atoms with Gasteiger partial charge in [0.25, 0.3) is 5.91 Å². The quantitative estimate of drug-likeness (QED) is 0.735. The summed E-state index contributed by atoms with van der Waals surface area (Å²) in [5.41, 5.74) is 0.513. The van der Waals surface area contributed by atoms with Gasteiger partial charge in [0.2, 0.25) is 11.9 Å². The minimum absolute atomic E-state index is 0.144. The summed E-state index contributed by atoms with van der Waals surface area (Å²) in [6.45, 7) is 1.77. The first-order valence-electron chi connectivity index (χ1n) is 10.6. The summed E-state index contributed by atoms with van der Waals surface area (Å²) in [6.07, 6.45) is -0.695. The molecule has 2 aromatic rings. The van der Waals surface area contributed by atoms with E-state index in [9.17, 15) is 9.59 Å². The van der Waals surface area contributed by atoms with Crippen molar-refractivity contribution in [3.8, 4) is 28.7 Å². The van der Waals surface area contributed by atoms with E-state index in [2.05, 4.69) is 5.32 Å². The van der Waals surface area contributed by atoms with E-state index in [1.165, 1.54) is 21.3 Å². The zero-order valence-corrected chi connectivity index (χ0v) is 18.8. The SMILES string of the molecule is COc1cc(NC(=O)N2CCN(C(=O)[C@@H]3COc4ccccc4O3)CC2)cc(OC)c1OC. The number of benzene rings is 2. The molecule has 0 bridgehead atoms. The van der Waals surface area contributed by atoms with Crippen LogP contribution < -0.4 is 29.0 Å². The lowest BCUT2D eigenvalue weighted by atomic mass is 10.2. The van der Waals surface area contributed by atoms with Crippen LogP contribution in [0, 0.1) is 0 Å². The molecular weight excluding hydrogens is 430 g/mol. The van der Waals surface area contributed by atoms with Gasteiger partial charge in [-0.15, -0.1) is 0 Å². The van der Waals surface area contributed by atoms with Crippen LogP contribution in [0.4, 0.5) is 10.5 Å². The number of para-hydroxylation sites is 2. The molecule has 2 aliphatic rings. The Bertz CT molecular complexity index is 996. The number of urea groups is 1. The van der Waals surface area contributed by atoms with Crippen LogP contribution in [0.2, 0.25) is 0 Å². The van der Waals surface area contributed by atoms with Gasteiger partial charge >= 0.3 is 6.03 Å². The van der Waals surface area contributed by atoms with E-state index in [-0.39, 0.29) is 18.5 Å². The number of hydrogen-bond acceptors (Lipinski definition) is 7. The van der Waals surface area contributed by atoms with Gasteiger partial charge in [0, 0.05) is 38.3 Å². The second-order valence-electron chi connectivity index (χ2n) is 7.52. The molecule has 1 fully saturated rings. The van der Waals surface area contributed by atoms with E-state index in [4.69, 9.17) is 23.7 Å². The van der Waals surface area contributed by atoms with Crippen LogP contribution >= 0.6 is 0 Å². The first-order chi connectivity index (χ1) is 16.0. The second-order valence-corrected chi connectivity index (χ2v) is 7.52. The molecule has 2 aliphatic heterocycles. The molecular formula is C23H27N3O7. The Balaban J connectivity index is 1.33. The van der Waals surface area contributed by atoms with Crippen LogP contribution in [0.1, 0.15) is 0 Å². The van der Waals surface area contributed by atoms with Crippen molar-refractivity contribution in [2.24, 2.45) is 0 Å². The minimum atomic E-state index is -0.695. The number of fused-ring (bicyclic) bond motifs is 1. The van der Waals surface area contributed by atoms with E-state index < -0.39 is 6.10 Å². The molecule has 176 valence electrons. The number of methoxy groups -OCH3 is 3. The standard InChI is InChI=1S/C23H27N3O7/c1-29-18-12-15(13-19(30-2)21(18)31-3)24-23(28)26-10-8-25(9-11-26)22(27)20-14-32-16-6-4-5-7-17(16)33-20/h4-7,12-13,20H,8-11,14H2,1-3H3,(H,24,28)/t20-/m0/s1. The predicted octanol–water partition coefficient (Wildman–Crippen LogP) is 2.23. The van der Waals surface area contributed by atoms with Crippen molar-refractivity contribution in [2.75, 3.05) is 59.4 Å². The van der Waals surface area contributed by atoms with Crippen LogP contribution in [0.3, 0.4) is 0 Å². The van der Waals surface area contributed by atoms with Crippen LogP contribution in [0.25, 0.3) is 0 Å². The van der Waals surface area contributed by atoms with Gasteiger partial charge in [-0.2, -0.15) is 0 Å². The number of ether oxygens (including phenoxy) is 5. The first-order valence-corrected chi connectivity index (χ1v) is 10.6. The van der Waals surface area contributed by atoms with Gasteiger partial charge in [0.05, 0.1) is 27.0 Å². The molecule has 3 amide bonds. The molecule has 0 radical (unpaired) electrons. The molecule has 0 saturated carbocycles. The fourth-order valence-corrected chi connectivity index (χ4v) is 3.83. The molecule has 0 aromatic heterocycles. The Hall–Kier alpha value is -3.82. The Morgan fingerprint density at radius 2 is 1.52 bits per heavy atom. The maximum atomic E-state index is 12.9. The van der Waals surface area contributed by atoms with Crippen molar-refractivity contribution < 1.29 is 33.3 Å². The highest BCUT2D eigenvalue weighted by molar-refractivity contribution is 5.90. The van der Waals surface area contributed by atoms with Gasteiger partial charge in [0.15, 0.2) is 23.0 Å². The molecule has 10 nitrogen and oxygen atoms in total. The average molecular weight is 457 g/mol. The molecule has 1 N–H and O–H groups in total. The highest BCUT2D eigenvalue weighted by Gasteiger charge is 2.33. The largest absolute Gasteiger partial charge is 0.493 e. The van der Waals surface area contributed by atoms with Crippen molar-refractivity contribution >= 4 is 17.6 Å². The summed E-state index contributed by atoms with van der Waals surface area (Å²) in [4.78, 5) is 29.0. The number of amides is 3. The summed E-state index contributed by atoms with van der Waals surface area (Å²) in [7, 11) is 4.54. The Kier molecular flexibility index (Phi) is 6.62. The first kappa shape index (κ1) is 22.4. The number of nitrogens with one attached hydrogen (secondary N) is 1. The van der Waals surface area contributed by atoms with Crippen LogP contribution in [0.5, 0.6) is 28.7 Å². The van der Waals surface area contributed by atoms with E-state index in [0.717, 1.165) is 0 Å². The molecule has 0 aliphatic carbocycles. The monoisotopic (exact) mass is 457 g/mol. The minimum Gasteiger partial charge on any atom is -0.493 e. The molecule has 1 atom stereocenters. The smallest absolute Gasteiger partial charge is 0.321 e. The van der Waals surface area contributed by atoms with Crippen molar-refractivity contribution in [3.63, 3.8) is 0 Å². The van der Waals surface area contributed by atoms with Crippen LogP contribution in [-0.2, 0) is 4.79 Å². The summed E-state index contributed by atoms with van der Waals surface area (Å²) in [5, 5.41) is 2.85. The molecule has 10 heteroatoms. The lowest BCUT2D eigenvalue weighted by Crippen LogP contribution is -2.55. The molecule has 4 rings (SSSR count). The van der Waals surface area contributed by atoms with Gasteiger partial charge in [-0.3, -0.25) is 4.79 Å². The van der Waals surface area contributed by atoms with Gasteiger partial charge in [-0.05, 0) is 12.1 Å². The fourth-order valence-electron chi connectivity index (χ4n) is 3.83. The number of carbonyl (C=O) groups excluding carboxylic acids is 2. The molecule has 2 aromatic carbocycles. The third-order valence-corrected chi connectivity index (χ3v) is 5.58. The summed E-state index contributed by atoms with van der Waals surface area (Å²) >= 11 is 0. The Labute approximate surface area is 191 Å². The topological polar surface area (TPSA) is 98.8 Å². The number of carbonyl (C=O) groups is 2. The molecule has 2 heterocycles. The zero-order valence-electron chi connectivity index (χ0n) is 18.8. The van der Waals surface area contributed by atoms with Gasteiger partial charge < -0.3 is 38.8 Å². The molecule has 0 unspecified atom stereocenters. The van der Waals surface area contributed by atoms with Crippen molar-refractivity contribution in [1.82, 2.24) is 9.80 Å². The highest BCUT2D eigenvalue weighted by atomic mass is 16.6. The van der Waals surface area contributed by atoms with E-state index >= 15 is 0 Å². The Morgan fingerprint density at radius 1 is 0.909 bits per heavy atom. The Morgan fingerprint density at radius 3 is 2.12 bits per heavy atom. The van der Waals surface area contributed by atoms with E-state index in [0.29, 0.717) is 60.6 Å². The second kappa shape index (κ2) is 9.76. The van der Waals surface area contributed by atoms with Crippen LogP contribution in [-0.4, -0.2) is 82.0 Å². The lowest BCUT2D eigenvalue weighted by Gasteiger charge is -2.37. The normalized spacial score (nSPS) is 17.2. The number of rotatable bonds is 5. The highest BCUT2D eigenvalue weighted by Crippen LogP contribution is 2.40. The van der Waals surface area contributed by atoms with Gasteiger partial charge in [0.1, 0.15) is 6.61 Å². The zero-order chi connectivity index (χ0) is 23.4. The number of piperazine rings is 1. The van der Waals surface area contributed by atoms with E-state index in [1.54, 1.807) is 34.1 Å². The number of anilines is 1. The van der Waals surface area contributed by atoms with Crippen molar-refractivity contribution in [1.29, 1.82) is 0 Å². The summed E-state index contributed by atoms with van der Waals surface area (Å²) in [6, 6.07) is 10.3. The summed E-state index contributed by atoms with van der Waals surface area (Å²) < 4.78 is 27.4. The van der Waals surface area contributed by atoms with Crippen molar-refractivity contribution in [3.05, 3.63) is 36.4 Å². The molecule has 0 spiro atoms. The molecule has 33 heavy (non-hydrogen) atoms.